The summed E-state index contributed by atoms with van der Waals surface area (Å²) in [7, 11) is 0. The number of likely N-dealkylation sites (tertiary alicyclic amines) is 1. The highest BCUT2D eigenvalue weighted by atomic mass is 16.4. The van der Waals surface area contributed by atoms with E-state index in [2.05, 4.69) is 20.8 Å². The third-order valence-corrected chi connectivity index (χ3v) is 5.34. The Balaban J connectivity index is 2.02. The van der Waals surface area contributed by atoms with E-state index >= 15 is 0 Å². The Bertz CT molecular complexity index is 388. The molecule has 1 saturated heterocycles. The molecule has 3 N–H and O–H groups in total. The minimum absolute atomic E-state index is 0.0305. The van der Waals surface area contributed by atoms with Crippen molar-refractivity contribution in [2.45, 2.75) is 39.7 Å². The first kappa shape index (κ1) is 14.3. The minimum Gasteiger partial charge on any atom is -0.481 e. The molecule has 1 heterocycles. The lowest BCUT2D eigenvalue weighted by molar-refractivity contribution is -0.158. The van der Waals surface area contributed by atoms with Crippen LogP contribution >= 0.6 is 0 Å². The second kappa shape index (κ2) is 4.78. The van der Waals surface area contributed by atoms with Gasteiger partial charge in [0, 0.05) is 25.0 Å². The SMILES string of the molecule is CC1C(N)CCC(C(=O)N2CC(C(=O)O)C2)C1(C)C. The molecule has 3 atom stereocenters. The van der Waals surface area contributed by atoms with Gasteiger partial charge in [-0.3, -0.25) is 9.59 Å². The zero-order valence-electron chi connectivity index (χ0n) is 11.9. The molecule has 5 nitrogen and oxygen atoms in total. The highest BCUT2D eigenvalue weighted by Crippen LogP contribution is 2.45. The number of carbonyl (C=O) groups is 2. The predicted octanol–water partition coefficient (Wildman–Crippen LogP) is 0.929. The minimum atomic E-state index is -0.803. The van der Waals surface area contributed by atoms with Crippen LogP contribution in [0.1, 0.15) is 33.6 Å². The van der Waals surface area contributed by atoms with Crippen molar-refractivity contribution in [1.82, 2.24) is 4.90 Å². The molecule has 3 unspecified atom stereocenters. The molecule has 2 rings (SSSR count). The third kappa shape index (κ3) is 2.36. The van der Waals surface area contributed by atoms with Crippen molar-refractivity contribution >= 4 is 11.9 Å². The van der Waals surface area contributed by atoms with Gasteiger partial charge in [0.05, 0.1) is 5.92 Å². The molecule has 5 heteroatoms. The van der Waals surface area contributed by atoms with Crippen LogP contribution in [0.25, 0.3) is 0 Å². The molecule has 1 amide bonds. The van der Waals surface area contributed by atoms with E-state index in [0.29, 0.717) is 19.0 Å². The quantitative estimate of drug-likeness (QED) is 0.780. The first-order valence-corrected chi connectivity index (χ1v) is 7.02. The first-order chi connectivity index (χ1) is 8.75. The van der Waals surface area contributed by atoms with Crippen LogP contribution in [-0.2, 0) is 9.59 Å². The van der Waals surface area contributed by atoms with Gasteiger partial charge in [0.1, 0.15) is 0 Å². The number of nitrogens with zero attached hydrogens (tertiary/aromatic N) is 1. The van der Waals surface area contributed by atoms with Gasteiger partial charge < -0.3 is 15.7 Å². The number of carboxylic acids is 1. The van der Waals surface area contributed by atoms with Crippen molar-refractivity contribution in [1.29, 1.82) is 0 Å². The zero-order chi connectivity index (χ0) is 14.4. The zero-order valence-corrected chi connectivity index (χ0v) is 11.9. The van der Waals surface area contributed by atoms with E-state index in [-0.39, 0.29) is 29.2 Å². The number of hydrogen-bond donors (Lipinski definition) is 2. The maximum Gasteiger partial charge on any atom is 0.310 e. The maximum absolute atomic E-state index is 12.5. The average Bonchev–Trinajstić information content (AvgIpc) is 2.23. The van der Waals surface area contributed by atoms with E-state index in [1.54, 1.807) is 4.90 Å². The van der Waals surface area contributed by atoms with Crippen LogP contribution in [0.5, 0.6) is 0 Å². The summed E-state index contributed by atoms with van der Waals surface area (Å²) >= 11 is 0. The van der Waals surface area contributed by atoms with Crippen LogP contribution < -0.4 is 5.73 Å². The molecule has 1 aliphatic carbocycles. The van der Waals surface area contributed by atoms with Gasteiger partial charge in [-0.25, -0.2) is 0 Å². The fraction of sp³-hybridized carbons (Fsp3) is 0.857. The molecule has 0 aromatic rings. The standard InChI is InChI=1S/C14H24N2O3/c1-8-11(15)5-4-10(14(8,2)3)12(17)16-6-9(7-16)13(18)19/h8-11H,4-7,15H2,1-3H3,(H,18,19). The highest BCUT2D eigenvalue weighted by Gasteiger charge is 2.48. The van der Waals surface area contributed by atoms with Crippen molar-refractivity contribution in [3.63, 3.8) is 0 Å². The van der Waals surface area contributed by atoms with Gasteiger partial charge in [0.15, 0.2) is 0 Å². The Morgan fingerprint density at radius 3 is 2.37 bits per heavy atom. The summed E-state index contributed by atoms with van der Waals surface area (Å²) in [5, 5.41) is 8.87. The molecule has 0 aromatic heterocycles. The number of carbonyl (C=O) groups excluding carboxylic acids is 1. The van der Waals surface area contributed by atoms with Gasteiger partial charge in [-0.1, -0.05) is 20.8 Å². The van der Waals surface area contributed by atoms with E-state index in [1.807, 2.05) is 0 Å². The van der Waals surface area contributed by atoms with Gasteiger partial charge in [-0.2, -0.15) is 0 Å². The van der Waals surface area contributed by atoms with Gasteiger partial charge >= 0.3 is 5.97 Å². The third-order valence-electron chi connectivity index (χ3n) is 5.34. The summed E-state index contributed by atoms with van der Waals surface area (Å²) in [6.07, 6.45) is 1.68. The molecular weight excluding hydrogens is 244 g/mol. The van der Waals surface area contributed by atoms with Crippen LogP contribution in [0.4, 0.5) is 0 Å². The normalized spacial score (nSPS) is 34.7. The van der Waals surface area contributed by atoms with Crippen LogP contribution in [0.15, 0.2) is 0 Å². The molecule has 0 spiro atoms. The van der Waals surface area contributed by atoms with E-state index in [9.17, 15) is 9.59 Å². The lowest BCUT2D eigenvalue weighted by Gasteiger charge is -2.49. The maximum atomic E-state index is 12.5. The van der Waals surface area contributed by atoms with E-state index in [0.717, 1.165) is 12.8 Å². The molecule has 2 aliphatic rings. The molecule has 1 saturated carbocycles. The van der Waals surface area contributed by atoms with Gasteiger partial charge in [0.2, 0.25) is 5.91 Å². The molecule has 1 aliphatic heterocycles. The first-order valence-electron chi connectivity index (χ1n) is 7.02. The summed E-state index contributed by atoms with van der Waals surface area (Å²) in [5.74, 6) is -0.803. The van der Waals surface area contributed by atoms with Crippen LogP contribution in [-0.4, -0.2) is 41.0 Å². The van der Waals surface area contributed by atoms with Crippen LogP contribution in [0, 0.1) is 23.2 Å². The van der Waals surface area contributed by atoms with Crippen molar-refractivity contribution in [3.8, 4) is 0 Å². The van der Waals surface area contributed by atoms with Crippen molar-refractivity contribution in [2.24, 2.45) is 28.9 Å². The number of aliphatic carboxylic acids is 1. The average molecular weight is 268 g/mol. The number of nitrogens with two attached hydrogens (primary N) is 1. The van der Waals surface area contributed by atoms with E-state index in [1.165, 1.54) is 0 Å². The molecule has 19 heavy (non-hydrogen) atoms. The van der Waals surface area contributed by atoms with Crippen molar-refractivity contribution in [3.05, 3.63) is 0 Å². The van der Waals surface area contributed by atoms with Crippen molar-refractivity contribution in [2.75, 3.05) is 13.1 Å². The number of hydrogen-bond acceptors (Lipinski definition) is 3. The van der Waals surface area contributed by atoms with E-state index in [4.69, 9.17) is 10.8 Å². The Labute approximate surface area is 114 Å². The summed E-state index contributed by atoms with van der Waals surface area (Å²) in [6, 6.07) is 0.155. The lowest BCUT2D eigenvalue weighted by Crippen LogP contribution is -2.59. The molecule has 108 valence electrons. The number of amides is 1. The highest BCUT2D eigenvalue weighted by molar-refractivity contribution is 5.83. The van der Waals surface area contributed by atoms with Gasteiger partial charge in [-0.15, -0.1) is 0 Å². The van der Waals surface area contributed by atoms with E-state index < -0.39 is 5.97 Å². The van der Waals surface area contributed by atoms with Crippen LogP contribution in [0.2, 0.25) is 0 Å². The second-order valence-electron chi connectivity index (χ2n) is 6.68. The second-order valence-corrected chi connectivity index (χ2v) is 6.68. The van der Waals surface area contributed by atoms with Crippen molar-refractivity contribution < 1.29 is 14.7 Å². The fourth-order valence-electron chi connectivity index (χ4n) is 3.33. The Hall–Kier alpha value is -1.10. The molecule has 0 aromatic carbocycles. The molecule has 0 bridgehead atoms. The monoisotopic (exact) mass is 268 g/mol. The largest absolute Gasteiger partial charge is 0.481 e. The topological polar surface area (TPSA) is 83.6 Å². The smallest absolute Gasteiger partial charge is 0.310 e. The Kier molecular flexibility index (Phi) is 3.60. The number of carboxylic acid groups (broad SMARTS) is 1. The fourth-order valence-corrected chi connectivity index (χ4v) is 3.33. The Morgan fingerprint density at radius 2 is 1.84 bits per heavy atom. The lowest BCUT2D eigenvalue weighted by atomic mass is 9.60. The summed E-state index contributed by atoms with van der Waals surface area (Å²) in [4.78, 5) is 25.0. The summed E-state index contributed by atoms with van der Waals surface area (Å²) < 4.78 is 0. The predicted molar refractivity (Wildman–Crippen MR) is 71.4 cm³/mol. The Morgan fingerprint density at radius 1 is 1.26 bits per heavy atom. The van der Waals surface area contributed by atoms with Crippen LogP contribution in [0.3, 0.4) is 0 Å². The molecule has 0 radical (unpaired) electrons. The summed E-state index contributed by atoms with van der Waals surface area (Å²) in [5.41, 5.74) is 5.98. The molecular formula is C14H24N2O3. The van der Waals surface area contributed by atoms with Gasteiger partial charge in [0.25, 0.3) is 0 Å². The summed E-state index contributed by atoms with van der Waals surface area (Å²) in [6.45, 7) is 7.05. The van der Waals surface area contributed by atoms with Gasteiger partial charge in [-0.05, 0) is 24.2 Å². The number of rotatable bonds is 2. The molecule has 2 fully saturated rings.